The highest BCUT2D eigenvalue weighted by Crippen LogP contribution is 2.21. The first kappa shape index (κ1) is 11.7. The van der Waals surface area contributed by atoms with Crippen LogP contribution < -0.4 is 0 Å². The maximum atomic E-state index is 11.5. The summed E-state index contributed by atoms with van der Waals surface area (Å²) < 4.78 is 24.5. The molecule has 1 rings (SSSR count). The van der Waals surface area contributed by atoms with Crippen LogP contribution in [0.3, 0.4) is 0 Å². The van der Waals surface area contributed by atoms with Gasteiger partial charge in [0.05, 0.1) is 5.75 Å². The fourth-order valence-corrected chi connectivity index (χ4v) is 2.79. The minimum Gasteiger partial charge on any atom is -0.300 e. The molecule has 0 radical (unpaired) electrons. The zero-order chi connectivity index (χ0) is 10.8. The quantitative estimate of drug-likeness (QED) is 0.705. The number of sulfonamides is 1. The van der Waals surface area contributed by atoms with E-state index in [2.05, 4.69) is 0 Å². The highest BCUT2D eigenvalue weighted by Gasteiger charge is 2.28. The van der Waals surface area contributed by atoms with Crippen LogP contribution in [0.4, 0.5) is 0 Å². The lowest BCUT2D eigenvalue weighted by Crippen LogP contribution is -2.40. The van der Waals surface area contributed by atoms with Gasteiger partial charge < -0.3 is 0 Å². The van der Waals surface area contributed by atoms with Crippen LogP contribution >= 0.6 is 0 Å². The van der Waals surface area contributed by atoms with Crippen LogP contribution in [0.1, 0.15) is 32.6 Å². The predicted molar refractivity (Wildman–Crippen MR) is 54.5 cm³/mol. The molecule has 0 bridgehead atoms. The van der Waals surface area contributed by atoms with Gasteiger partial charge in [0.15, 0.2) is 0 Å². The number of hydrogen-bond acceptors (Lipinski definition) is 3. The topological polar surface area (TPSA) is 54.5 Å². The molecule has 0 N–H and O–H groups in total. The Kier molecular flexibility index (Phi) is 3.66. The van der Waals surface area contributed by atoms with Crippen molar-refractivity contribution in [2.24, 2.45) is 0 Å². The summed E-state index contributed by atoms with van der Waals surface area (Å²) in [6, 6.07) is 0.0256. The van der Waals surface area contributed by atoms with E-state index in [1.165, 1.54) is 4.31 Å². The van der Waals surface area contributed by atoms with Gasteiger partial charge in [-0.25, -0.2) is 12.7 Å². The Morgan fingerprint density at radius 2 is 1.86 bits per heavy atom. The SMILES string of the molecule is CCS(=O)(=O)N(C)C1CCC(=O)CC1. The van der Waals surface area contributed by atoms with E-state index in [1.54, 1.807) is 14.0 Å². The normalized spacial score (nSPS) is 20.4. The Morgan fingerprint density at radius 3 is 2.29 bits per heavy atom. The van der Waals surface area contributed by atoms with E-state index in [0.717, 1.165) is 0 Å². The van der Waals surface area contributed by atoms with E-state index in [9.17, 15) is 13.2 Å². The first-order valence-electron chi connectivity index (χ1n) is 4.94. The van der Waals surface area contributed by atoms with Gasteiger partial charge in [0.25, 0.3) is 0 Å². The summed E-state index contributed by atoms with van der Waals surface area (Å²) in [6.07, 6.45) is 2.39. The molecular formula is C9H17NO3S. The Bertz CT molecular complexity index is 300. The number of nitrogens with zero attached hydrogens (tertiary/aromatic N) is 1. The van der Waals surface area contributed by atoms with Gasteiger partial charge in [0.1, 0.15) is 5.78 Å². The van der Waals surface area contributed by atoms with Gasteiger partial charge in [0.2, 0.25) is 10.0 Å². The molecule has 0 heterocycles. The van der Waals surface area contributed by atoms with Gasteiger partial charge in [-0.05, 0) is 19.8 Å². The summed E-state index contributed by atoms with van der Waals surface area (Å²) in [4.78, 5) is 11.0. The monoisotopic (exact) mass is 219 g/mol. The third-order valence-corrected chi connectivity index (χ3v) is 4.74. The average Bonchev–Trinajstić information content (AvgIpc) is 2.18. The van der Waals surface area contributed by atoms with E-state index in [0.29, 0.717) is 25.7 Å². The van der Waals surface area contributed by atoms with Crippen molar-refractivity contribution >= 4 is 15.8 Å². The number of carbonyl (C=O) groups excluding carboxylic acids is 1. The van der Waals surface area contributed by atoms with Crippen LogP contribution in [-0.2, 0) is 14.8 Å². The fourth-order valence-electron chi connectivity index (χ4n) is 1.72. The van der Waals surface area contributed by atoms with Crippen molar-refractivity contribution in [3.63, 3.8) is 0 Å². The second kappa shape index (κ2) is 4.40. The molecule has 0 aromatic rings. The highest BCUT2D eigenvalue weighted by atomic mass is 32.2. The summed E-state index contributed by atoms with van der Waals surface area (Å²) in [5, 5.41) is 0. The molecule has 0 atom stereocenters. The van der Waals surface area contributed by atoms with Crippen molar-refractivity contribution in [2.75, 3.05) is 12.8 Å². The first-order valence-corrected chi connectivity index (χ1v) is 6.55. The van der Waals surface area contributed by atoms with E-state index in [4.69, 9.17) is 0 Å². The molecular weight excluding hydrogens is 202 g/mol. The van der Waals surface area contributed by atoms with Crippen LogP contribution in [0.15, 0.2) is 0 Å². The highest BCUT2D eigenvalue weighted by molar-refractivity contribution is 7.89. The predicted octanol–water partition coefficient (Wildman–Crippen LogP) is 0.780. The zero-order valence-corrected chi connectivity index (χ0v) is 9.51. The number of hydrogen-bond donors (Lipinski definition) is 0. The van der Waals surface area contributed by atoms with Crippen LogP contribution in [0.5, 0.6) is 0 Å². The number of rotatable bonds is 3. The third kappa shape index (κ3) is 2.54. The largest absolute Gasteiger partial charge is 0.300 e. The molecule has 1 saturated carbocycles. The van der Waals surface area contributed by atoms with Crippen molar-refractivity contribution in [1.29, 1.82) is 0 Å². The molecule has 0 amide bonds. The molecule has 0 aromatic heterocycles. The summed E-state index contributed by atoms with van der Waals surface area (Å²) in [6.45, 7) is 1.64. The lowest BCUT2D eigenvalue weighted by molar-refractivity contribution is -0.120. The maximum absolute atomic E-state index is 11.5. The molecule has 0 aromatic carbocycles. The third-order valence-electron chi connectivity index (χ3n) is 2.83. The van der Waals surface area contributed by atoms with E-state index in [1.807, 2.05) is 0 Å². The van der Waals surface area contributed by atoms with Crippen molar-refractivity contribution < 1.29 is 13.2 Å². The van der Waals surface area contributed by atoms with Gasteiger partial charge in [-0.2, -0.15) is 0 Å². The minimum absolute atomic E-state index is 0.0256. The molecule has 0 unspecified atom stereocenters. The number of Topliss-reactive ketones (excluding diaryl/α,β-unsaturated/α-hetero) is 1. The van der Waals surface area contributed by atoms with Crippen molar-refractivity contribution in [3.8, 4) is 0 Å². The molecule has 5 heteroatoms. The summed E-state index contributed by atoms with van der Waals surface area (Å²) in [7, 11) is -1.48. The van der Waals surface area contributed by atoms with Crippen LogP contribution in [0, 0.1) is 0 Å². The van der Waals surface area contributed by atoms with Gasteiger partial charge in [-0.1, -0.05) is 0 Å². The number of ketones is 1. The standard InChI is InChI=1S/C9H17NO3S/c1-3-14(12,13)10(2)8-4-6-9(11)7-5-8/h8H,3-7H2,1-2H3. The Labute approximate surface area is 85.3 Å². The van der Waals surface area contributed by atoms with E-state index in [-0.39, 0.29) is 17.6 Å². The van der Waals surface area contributed by atoms with Gasteiger partial charge in [0, 0.05) is 25.9 Å². The number of carbonyl (C=O) groups is 1. The van der Waals surface area contributed by atoms with Crippen LogP contribution in [-0.4, -0.2) is 37.3 Å². The molecule has 0 aliphatic heterocycles. The first-order chi connectivity index (χ1) is 6.47. The molecule has 1 aliphatic rings. The molecule has 4 nitrogen and oxygen atoms in total. The summed E-state index contributed by atoms with van der Waals surface area (Å²) in [5.74, 6) is 0.386. The molecule has 0 spiro atoms. The van der Waals surface area contributed by atoms with Gasteiger partial charge in [-0.15, -0.1) is 0 Å². The molecule has 14 heavy (non-hydrogen) atoms. The Morgan fingerprint density at radius 1 is 1.36 bits per heavy atom. The average molecular weight is 219 g/mol. The second-order valence-corrected chi connectivity index (χ2v) is 6.00. The zero-order valence-electron chi connectivity index (χ0n) is 8.69. The molecule has 0 saturated heterocycles. The summed E-state index contributed by atoms with van der Waals surface area (Å²) in [5.41, 5.74) is 0. The van der Waals surface area contributed by atoms with Gasteiger partial charge >= 0.3 is 0 Å². The Hall–Kier alpha value is -0.420. The Balaban J connectivity index is 2.62. The molecule has 1 fully saturated rings. The maximum Gasteiger partial charge on any atom is 0.213 e. The van der Waals surface area contributed by atoms with Crippen molar-refractivity contribution in [3.05, 3.63) is 0 Å². The fraction of sp³-hybridized carbons (Fsp3) is 0.889. The molecule has 82 valence electrons. The van der Waals surface area contributed by atoms with Gasteiger partial charge in [-0.3, -0.25) is 4.79 Å². The van der Waals surface area contributed by atoms with E-state index < -0.39 is 10.0 Å². The summed E-state index contributed by atoms with van der Waals surface area (Å²) >= 11 is 0. The lowest BCUT2D eigenvalue weighted by atomic mass is 9.95. The van der Waals surface area contributed by atoms with Crippen LogP contribution in [0.25, 0.3) is 0 Å². The molecule has 1 aliphatic carbocycles. The van der Waals surface area contributed by atoms with E-state index >= 15 is 0 Å². The van der Waals surface area contributed by atoms with Crippen LogP contribution in [0.2, 0.25) is 0 Å². The lowest BCUT2D eigenvalue weighted by Gasteiger charge is -2.29. The smallest absolute Gasteiger partial charge is 0.213 e. The van der Waals surface area contributed by atoms with Crippen molar-refractivity contribution in [1.82, 2.24) is 4.31 Å². The minimum atomic E-state index is -3.09. The second-order valence-electron chi connectivity index (χ2n) is 3.69. The van der Waals surface area contributed by atoms with Crippen molar-refractivity contribution in [2.45, 2.75) is 38.6 Å².